The van der Waals surface area contributed by atoms with Gasteiger partial charge in [0.15, 0.2) is 11.5 Å². The first-order chi connectivity index (χ1) is 12.5. The average molecular weight is 371 g/mol. The fourth-order valence-electron chi connectivity index (χ4n) is 2.47. The van der Waals surface area contributed by atoms with Crippen LogP contribution in [-0.2, 0) is 4.79 Å². The molecular weight excluding hydrogens is 356 g/mol. The molecule has 7 heteroatoms. The van der Waals surface area contributed by atoms with Crippen molar-refractivity contribution >= 4 is 29.3 Å². The Bertz CT molecular complexity index is 947. The number of anilines is 1. The third-order valence-electron chi connectivity index (χ3n) is 3.80. The molecule has 0 atom stereocenters. The number of hydrogen-bond donors (Lipinski definition) is 1. The molecule has 0 bridgehead atoms. The molecule has 26 heavy (non-hydrogen) atoms. The highest BCUT2D eigenvalue weighted by Crippen LogP contribution is 2.42. The van der Waals surface area contributed by atoms with Gasteiger partial charge in [-0.3, -0.25) is 4.79 Å². The van der Waals surface area contributed by atoms with Gasteiger partial charge in [-0.25, -0.2) is 0 Å². The van der Waals surface area contributed by atoms with Crippen molar-refractivity contribution < 1.29 is 19.0 Å². The summed E-state index contributed by atoms with van der Waals surface area (Å²) in [6.45, 7) is 1.93. The van der Waals surface area contributed by atoms with E-state index in [1.165, 1.54) is 13.2 Å². The maximum absolute atomic E-state index is 12.5. The topological polar surface area (TPSA) is 80.6 Å². The third-order valence-corrected chi connectivity index (χ3v) is 4.04. The number of benzene rings is 2. The molecule has 2 aromatic rings. The molecular formula is C19H15ClN2O4. The second-order valence-corrected chi connectivity index (χ2v) is 5.98. The summed E-state index contributed by atoms with van der Waals surface area (Å²) < 4.78 is 16.0. The maximum Gasteiger partial charge on any atom is 0.266 e. The number of rotatable bonds is 4. The minimum Gasteiger partial charge on any atom is -0.493 e. The van der Waals surface area contributed by atoms with Gasteiger partial charge in [-0.05, 0) is 48.4 Å². The van der Waals surface area contributed by atoms with Crippen molar-refractivity contribution in [3.05, 3.63) is 52.1 Å². The van der Waals surface area contributed by atoms with E-state index in [0.29, 0.717) is 33.5 Å². The number of nitrogens with zero attached hydrogens (tertiary/aromatic N) is 1. The van der Waals surface area contributed by atoms with Crippen LogP contribution < -0.4 is 19.5 Å². The summed E-state index contributed by atoms with van der Waals surface area (Å²) in [5.41, 5.74) is 1.91. The minimum absolute atomic E-state index is 0.0645. The van der Waals surface area contributed by atoms with Crippen LogP contribution in [-0.4, -0.2) is 19.8 Å². The van der Waals surface area contributed by atoms with Gasteiger partial charge >= 0.3 is 0 Å². The second-order valence-electron chi connectivity index (χ2n) is 5.54. The van der Waals surface area contributed by atoms with Crippen LogP contribution in [0.2, 0.25) is 5.02 Å². The van der Waals surface area contributed by atoms with Gasteiger partial charge in [-0.2, -0.15) is 5.26 Å². The predicted octanol–water partition coefficient (Wildman–Crippen LogP) is 3.93. The molecule has 0 saturated heterocycles. The molecule has 1 N–H and O–H groups in total. The molecule has 1 aliphatic rings. The average Bonchev–Trinajstić information content (AvgIpc) is 3.10. The molecule has 1 aliphatic heterocycles. The number of fused-ring (bicyclic) bond motifs is 1. The lowest BCUT2D eigenvalue weighted by Gasteiger charge is -2.09. The zero-order valence-electron chi connectivity index (χ0n) is 14.1. The van der Waals surface area contributed by atoms with Crippen molar-refractivity contribution in [1.82, 2.24) is 0 Å². The smallest absolute Gasteiger partial charge is 0.266 e. The van der Waals surface area contributed by atoms with Crippen LogP contribution in [0.25, 0.3) is 6.08 Å². The van der Waals surface area contributed by atoms with Crippen LogP contribution in [0.15, 0.2) is 35.9 Å². The molecule has 3 rings (SSSR count). The van der Waals surface area contributed by atoms with E-state index in [-0.39, 0.29) is 12.4 Å². The van der Waals surface area contributed by atoms with Crippen molar-refractivity contribution in [2.24, 2.45) is 0 Å². The fraction of sp³-hybridized carbons (Fsp3) is 0.158. The van der Waals surface area contributed by atoms with Gasteiger partial charge in [0.2, 0.25) is 12.5 Å². The number of nitrogens with one attached hydrogen (secondary N) is 1. The molecule has 0 aliphatic carbocycles. The normalized spacial score (nSPS) is 12.5. The van der Waals surface area contributed by atoms with Crippen LogP contribution in [0, 0.1) is 18.3 Å². The van der Waals surface area contributed by atoms with Gasteiger partial charge in [0, 0.05) is 10.7 Å². The molecule has 0 radical (unpaired) electrons. The van der Waals surface area contributed by atoms with E-state index in [4.69, 9.17) is 25.8 Å². The Labute approximate surface area is 155 Å². The van der Waals surface area contributed by atoms with Gasteiger partial charge in [-0.1, -0.05) is 17.7 Å². The molecule has 1 amide bonds. The van der Waals surface area contributed by atoms with Crippen LogP contribution in [0.3, 0.4) is 0 Å². The molecule has 132 valence electrons. The summed E-state index contributed by atoms with van der Waals surface area (Å²) in [6, 6.07) is 10.4. The number of amides is 1. The molecule has 0 fully saturated rings. The van der Waals surface area contributed by atoms with E-state index >= 15 is 0 Å². The number of methoxy groups -OCH3 is 1. The first kappa shape index (κ1) is 17.6. The Kier molecular flexibility index (Phi) is 5.01. The van der Waals surface area contributed by atoms with Gasteiger partial charge in [-0.15, -0.1) is 0 Å². The number of nitriles is 1. The summed E-state index contributed by atoms with van der Waals surface area (Å²) in [5.74, 6) is 0.935. The Morgan fingerprint density at radius 1 is 1.35 bits per heavy atom. The molecule has 1 heterocycles. The zero-order valence-corrected chi connectivity index (χ0v) is 14.9. The van der Waals surface area contributed by atoms with E-state index < -0.39 is 5.91 Å². The third kappa shape index (κ3) is 3.58. The van der Waals surface area contributed by atoms with Crippen molar-refractivity contribution in [2.75, 3.05) is 19.2 Å². The van der Waals surface area contributed by atoms with Gasteiger partial charge in [0.25, 0.3) is 5.91 Å². The number of aryl methyl sites for hydroxylation is 1. The zero-order chi connectivity index (χ0) is 18.7. The van der Waals surface area contributed by atoms with Crippen molar-refractivity contribution in [2.45, 2.75) is 6.92 Å². The second kappa shape index (κ2) is 7.38. The van der Waals surface area contributed by atoms with Crippen molar-refractivity contribution in [1.29, 1.82) is 5.26 Å². The lowest BCUT2D eigenvalue weighted by molar-refractivity contribution is -0.112. The summed E-state index contributed by atoms with van der Waals surface area (Å²) in [6.07, 6.45) is 1.46. The first-order valence-corrected chi connectivity index (χ1v) is 8.06. The number of halogens is 1. The van der Waals surface area contributed by atoms with Crippen molar-refractivity contribution in [3.8, 4) is 23.3 Å². The Balaban J connectivity index is 1.90. The lowest BCUT2D eigenvalue weighted by atomic mass is 10.1. The molecule has 0 spiro atoms. The van der Waals surface area contributed by atoms with Gasteiger partial charge in [0.1, 0.15) is 11.6 Å². The van der Waals surface area contributed by atoms with Gasteiger partial charge in [0.05, 0.1) is 7.11 Å². The number of ether oxygens (including phenoxy) is 3. The Morgan fingerprint density at radius 2 is 2.15 bits per heavy atom. The highest BCUT2D eigenvalue weighted by Gasteiger charge is 2.20. The Hall–Kier alpha value is -3.17. The predicted molar refractivity (Wildman–Crippen MR) is 97.5 cm³/mol. The molecule has 6 nitrogen and oxygen atoms in total. The molecule has 2 aromatic carbocycles. The van der Waals surface area contributed by atoms with E-state index in [2.05, 4.69) is 5.32 Å². The largest absolute Gasteiger partial charge is 0.493 e. The van der Waals surface area contributed by atoms with Crippen molar-refractivity contribution in [3.63, 3.8) is 0 Å². The highest BCUT2D eigenvalue weighted by molar-refractivity contribution is 6.31. The summed E-state index contributed by atoms with van der Waals surface area (Å²) >= 11 is 5.96. The first-order valence-electron chi connectivity index (χ1n) is 7.68. The van der Waals surface area contributed by atoms with E-state index in [1.54, 1.807) is 30.3 Å². The molecule has 0 saturated carbocycles. The highest BCUT2D eigenvalue weighted by atomic mass is 35.5. The van der Waals surface area contributed by atoms with E-state index in [1.807, 2.05) is 13.0 Å². The van der Waals surface area contributed by atoms with E-state index in [9.17, 15) is 10.1 Å². The van der Waals surface area contributed by atoms with Gasteiger partial charge < -0.3 is 19.5 Å². The summed E-state index contributed by atoms with van der Waals surface area (Å²) in [4.78, 5) is 12.5. The SMILES string of the molecule is COc1cc(/C=C(\C#N)C(=O)Nc2cc(Cl)ccc2C)cc2c1OCO2. The maximum atomic E-state index is 12.5. The fourth-order valence-corrected chi connectivity index (χ4v) is 2.64. The summed E-state index contributed by atoms with van der Waals surface area (Å²) in [7, 11) is 1.50. The van der Waals surface area contributed by atoms with Crippen LogP contribution in [0.5, 0.6) is 17.2 Å². The summed E-state index contributed by atoms with van der Waals surface area (Å²) in [5, 5.41) is 12.6. The Morgan fingerprint density at radius 3 is 2.88 bits per heavy atom. The minimum atomic E-state index is -0.533. The van der Waals surface area contributed by atoms with E-state index in [0.717, 1.165) is 5.56 Å². The van der Waals surface area contributed by atoms with Crippen LogP contribution >= 0.6 is 11.6 Å². The lowest BCUT2D eigenvalue weighted by Crippen LogP contribution is -2.14. The monoisotopic (exact) mass is 370 g/mol. The van der Waals surface area contributed by atoms with Crippen LogP contribution in [0.4, 0.5) is 5.69 Å². The van der Waals surface area contributed by atoms with Crippen LogP contribution in [0.1, 0.15) is 11.1 Å². The quantitative estimate of drug-likeness (QED) is 0.651. The molecule has 0 unspecified atom stereocenters. The number of hydrogen-bond acceptors (Lipinski definition) is 5. The standard InChI is InChI=1S/C19H15ClN2O4/c1-11-3-4-14(20)8-15(11)22-19(23)13(9-21)5-12-6-16(24-2)18-17(7-12)25-10-26-18/h3-8H,10H2,1-2H3,(H,22,23)/b13-5+. The number of carbonyl (C=O) groups is 1. The molecule has 0 aromatic heterocycles. The number of carbonyl (C=O) groups excluding carboxylic acids is 1.